The van der Waals surface area contributed by atoms with Crippen LogP contribution in [0.3, 0.4) is 0 Å². The molecular weight excluding hydrogens is 358 g/mol. The van der Waals surface area contributed by atoms with E-state index >= 15 is 0 Å². The molecular formula is C21H27N3O2S. The average Bonchev–Trinajstić information content (AvgIpc) is 3.02. The van der Waals surface area contributed by atoms with Crippen molar-refractivity contribution in [1.82, 2.24) is 10.3 Å². The minimum Gasteiger partial charge on any atom is -0.378 e. The summed E-state index contributed by atoms with van der Waals surface area (Å²) in [6.07, 6.45) is 0.479. The summed E-state index contributed by atoms with van der Waals surface area (Å²) < 4.78 is 5.46. The number of nitrogens with one attached hydrogen (secondary N) is 1. The standard InChI is InChI=1S/C21H27N3O2S/c1-21(2,3)15-6-4-14(5-7-15)16-12-18(25)22-13-17-19(16)27-20(23-17)24-8-10-26-11-9-24/h4-7,16H,8-13H2,1-3H3,(H,22,25)/t16-/m0/s1. The molecule has 2 aliphatic heterocycles. The quantitative estimate of drug-likeness (QED) is 0.861. The lowest BCUT2D eigenvalue weighted by molar-refractivity contribution is -0.121. The number of amides is 1. The highest BCUT2D eigenvalue weighted by Crippen LogP contribution is 2.40. The number of anilines is 1. The molecule has 0 spiro atoms. The molecule has 1 aromatic heterocycles. The number of aromatic nitrogens is 1. The molecule has 1 fully saturated rings. The van der Waals surface area contributed by atoms with Gasteiger partial charge in [-0.25, -0.2) is 4.98 Å². The highest BCUT2D eigenvalue weighted by Gasteiger charge is 2.29. The van der Waals surface area contributed by atoms with Crippen molar-refractivity contribution in [2.45, 2.75) is 45.1 Å². The Bertz CT molecular complexity index is 817. The van der Waals surface area contributed by atoms with E-state index in [2.05, 4.69) is 55.3 Å². The van der Waals surface area contributed by atoms with Gasteiger partial charge < -0.3 is 15.0 Å². The molecule has 0 bridgehead atoms. The van der Waals surface area contributed by atoms with Gasteiger partial charge >= 0.3 is 0 Å². The van der Waals surface area contributed by atoms with E-state index in [1.165, 1.54) is 16.0 Å². The third-order valence-electron chi connectivity index (χ3n) is 5.34. The van der Waals surface area contributed by atoms with Gasteiger partial charge in [-0.1, -0.05) is 45.0 Å². The highest BCUT2D eigenvalue weighted by molar-refractivity contribution is 7.15. The molecule has 1 amide bonds. The molecule has 0 saturated carbocycles. The monoisotopic (exact) mass is 385 g/mol. The predicted octanol–water partition coefficient (Wildman–Crippen LogP) is 3.43. The van der Waals surface area contributed by atoms with E-state index in [4.69, 9.17) is 9.72 Å². The minimum atomic E-state index is 0.0730. The molecule has 4 rings (SSSR count). The SMILES string of the molecule is CC(C)(C)c1ccc([C@@H]2CC(=O)NCc3nc(N4CCOCC4)sc32)cc1. The van der Waals surface area contributed by atoms with E-state index in [1.54, 1.807) is 11.3 Å². The van der Waals surface area contributed by atoms with Crippen LogP contribution in [0.4, 0.5) is 5.13 Å². The van der Waals surface area contributed by atoms with Gasteiger partial charge in [0.15, 0.2) is 5.13 Å². The first-order valence-corrected chi connectivity index (χ1v) is 10.4. The molecule has 3 heterocycles. The Balaban J connectivity index is 1.68. The van der Waals surface area contributed by atoms with Crippen LogP contribution in [-0.4, -0.2) is 37.2 Å². The minimum absolute atomic E-state index is 0.0730. The fourth-order valence-electron chi connectivity index (χ4n) is 3.66. The van der Waals surface area contributed by atoms with Crippen molar-refractivity contribution in [1.29, 1.82) is 0 Å². The van der Waals surface area contributed by atoms with Crippen molar-refractivity contribution in [3.63, 3.8) is 0 Å². The molecule has 27 heavy (non-hydrogen) atoms. The van der Waals surface area contributed by atoms with Crippen LogP contribution in [0.25, 0.3) is 0 Å². The second-order valence-corrected chi connectivity index (χ2v) is 9.32. The molecule has 0 unspecified atom stereocenters. The maximum atomic E-state index is 12.3. The van der Waals surface area contributed by atoms with E-state index in [0.29, 0.717) is 13.0 Å². The summed E-state index contributed by atoms with van der Waals surface area (Å²) in [5.74, 6) is 0.168. The third kappa shape index (κ3) is 3.87. The lowest BCUT2D eigenvalue weighted by atomic mass is 9.85. The van der Waals surface area contributed by atoms with E-state index in [1.807, 2.05) is 0 Å². The number of hydrogen-bond acceptors (Lipinski definition) is 5. The second kappa shape index (κ2) is 7.24. The Labute approximate surface area is 164 Å². The normalized spacial score (nSPS) is 20.8. The third-order valence-corrected chi connectivity index (χ3v) is 6.61. The lowest BCUT2D eigenvalue weighted by Gasteiger charge is -2.26. The van der Waals surface area contributed by atoms with Crippen LogP contribution >= 0.6 is 11.3 Å². The van der Waals surface area contributed by atoms with E-state index in [9.17, 15) is 4.79 Å². The number of benzene rings is 1. The van der Waals surface area contributed by atoms with Gasteiger partial charge in [-0.2, -0.15) is 0 Å². The second-order valence-electron chi connectivity index (χ2n) is 8.31. The molecule has 144 valence electrons. The molecule has 2 aromatic rings. The number of hydrogen-bond donors (Lipinski definition) is 1. The summed E-state index contributed by atoms with van der Waals surface area (Å²) in [5.41, 5.74) is 3.64. The summed E-state index contributed by atoms with van der Waals surface area (Å²) in [6, 6.07) is 8.76. The van der Waals surface area contributed by atoms with E-state index < -0.39 is 0 Å². The highest BCUT2D eigenvalue weighted by atomic mass is 32.1. The molecule has 1 N–H and O–H groups in total. The maximum absolute atomic E-state index is 12.3. The topological polar surface area (TPSA) is 54.5 Å². The Morgan fingerprint density at radius 3 is 2.56 bits per heavy atom. The van der Waals surface area contributed by atoms with Crippen LogP contribution in [-0.2, 0) is 21.5 Å². The first-order valence-electron chi connectivity index (χ1n) is 9.61. The molecule has 0 aliphatic carbocycles. The van der Waals surface area contributed by atoms with Crippen molar-refractivity contribution in [2.24, 2.45) is 0 Å². The van der Waals surface area contributed by atoms with Gasteiger partial charge in [-0.05, 0) is 16.5 Å². The fraction of sp³-hybridized carbons (Fsp3) is 0.524. The van der Waals surface area contributed by atoms with Crippen molar-refractivity contribution in [3.05, 3.63) is 46.0 Å². The van der Waals surface area contributed by atoms with Gasteiger partial charge in [0.2, 0.25) is 5.91 Å². The van der Waals surface area contributed by atoms with Crippen LogP contribution in [0.15, 0.2) is 24.3 Å². The summed E-state index contributed by atoms with van der Waals surface area (Å²) in [5, 5.41) is 4.07. The number of morpholine rings is 1. The first-order chi connectivity index (χ1) is 12.9. The van der Waals surface area contributed by atoms with Gasteiger partial charge in [0.25, 0.3) is 0 Å². The number of thiazole rings is 1. The Kier molecular flexibility index (Phi) is 4.95. The van der Waals surface area contributed by atoms with Gasteiger partial charge in [0.1, 0.15) is 0 Å². The number of rotatable bonds is 2. The number of carbonyl (C=O) groups is 1. The van der Waals surface area contributed by atoms with Crippen molar-refractivity contribution >= 4 is 22.4 Å². The summed E-state index contributed by atoms with van der Waals surface area (Å²) in [6.45, 7) is 10.4. The Hall–Kier alpha value is -1.92. The van der Waals surface area contributed by atoms with Crippen molar-refractivity contribution in [2.75, 3.05) is 31.2 Å². The first kappa shape index (κ1) is 18.4. The zero-order chi connectivity index (χ0) is 19.0. The van der Waals surface area contributed by atoms with Crippen LogP contribution in [0.5, 0.6) is 0 Å². The van der Waals surface area contributed by atoms with Crippen LogP contribution in [0, 0.1) is 0 Å². The molecule has 1 atom stereocenters. The van der Waals surface area contributed by atoms with Crippen LogP contribution < -0.4 is 10.2 Å². The predicted molar refractivity (Wildman–Crippen MR) is 109 cm³/mol. The smallest absolute Gasteiger partial charge is 0.221 e. The average molecular weight is 386 g/mol. The largest absolute Gasteiger partial charge is 0.378 e. The van der Waals surface area contributed by atoms with Gasteiger partial charge in [0.05, 0.1) is 25.5 Å². The van der Waals surface area contributed by atoms with E-state index in [-0.39, 0.29) is 17.2 Å². The molecule has 6 heteroatoms. The van der Waals surface area contributed by atoms with Crippen molar-refractivity contribution < 1.29 is 9.53 Å². The number of ether oxygens (including phenoxy) is 1. The van der Waals surface area contributed by atoms with Crippen molar-refractivity contribution in [3.8, 4) is 0 Å². The zero-order valence-electron chi connectivity index (χ0n) is 16.2. The molecule has 5 nitrogen and oxygen atoms in total. The number of nitrogens with zero attached hydrogens (tertiary/aromatic N) is 2. The maximum Gasteiger partial charge on any atom is 0.221 e. The van der Waals surface area contributed by atoms with Crippen LogP contribution in [0.2, 0.25) is 0 Å². The van der Waals surface area contributed by atoms with Gasteiger partial charge in [-0.3, -0.25) is 4.79 Å². The Morgan fingerprint density at radius 1 is 1.19 bits per heavy atom. The molecule has 1 saturated heterocycles. The van der Waals surface area contributed by atoms with Crippen LogP contribution in [0.1, 0.15) is 54.8 Å². The molecule has 2 aliphatic rings. The summed E-state index contributed by atoms with van der Waals surface area (Å²) in [4.78, 5) is 20.7. The van der Waals surface area contributed by atoms with Gasteiger partial charge in [0, 0.05) is 30.3 Å². The number of fused-ring (bicyclic) bond motifs is 1. The fourth-order valence-corrected chi connectivity index (χ4v) is 4.92. The number of carbonyl (C=O) groups excluding carboxylic acids is 1. The van der Waals surface area contributed by atoms with Gasteiger partial charge in [-0.15, -0.1) is 11.3 Å². The zero-order valence-corrected chi connectivity index (χ0v) is 17.1. The summed E-state index contributed by atoms with van der Waals surface area (Å²) >= 11 is 1.74. The molecule has 0 radical (unpaired) electrons. The Morgan fingerprint density at radius 2 is 1.89 bits per heavy atom. The summed E-state index contributed by atoms with van der Waals surface area (Å²) in [7, 11) is 0. The lowest BCUT2D eigenvalue weighted by Crippen LogP contribution is -2.36. The van der Waals surface area contributed by atoms with E-state index in [0.717, 1.165) is 37.1 Å². The molecule has 1 aromatic carbocycles.